The van der Waals surface area contributed by atoms with E-state index in [-0.39, 0.29) is 24.1 Å². The van der Waals surface area contributed by atoms with Gasteiger partial charge in [0.2, 0.25) is 5.91 Å². The first-order valence-electron chi connectivity index (χ1n) is 7.72. The van der Waals surface area contributed by atoms with Crippen LogP contribution in [0.1, 0.15) is 18.1 Å². The molecule has 0 unspecified atom stereocenters. The van der Waals surface area contributed by atoms with Crippen LogP contribution in [0.15, 0.2) is 52.3 Å². The van der Waals surface area contributed by atoms with Crippen molar-refractivity contribution in [3.63, 3.8) is 0 Å². The lowest BCUT2D eigenvalue weighted by atomic mass is 10.2. The zero-order chi connectivity index (χ0) is 16.4. The van der Waals surface area contributed by atoms with Gasteiger partial charge in [0.1, 0.15) is 6.54 Å². The van der Waals surface area contributed by atoms with Gasteiger partial charge in [-0.1, -0.05) is 18.2 Å². The van der Waals surface area contributed by atoms with Crippen LogP contribution in [-0.4, -0.2) is 27.2 Å². The molecule has 2 heterocycles. The van der Waals surface area contributed by atoms with Gasteiger partial charge in [-0.15, -0.1) is 11.8 Å². The summed E-state index contributed by atoms with van der Waals surface area (Å²) in [5.41, 5.74) is 1.95. The maximum Gasteiger partial charge on any atom is 0.251 e. The largest absolute Gasteiger partial charge is 0.333 e. The number of aromatic nitrogens is 1. The number of fused-ring (bicyclic) bond motifs is 1. The lowest BCUT2D eigenvalue weighted by molar-refractivity contribution is -0.134. The Kier molecular flexibility index (Phi) is 4.57. The van der Waals surface area contributed by atoms with Gasteiger partial charge in [0, 0.05) is 35.5 Å². The van der Waals surface area contributed by atoms with E-state index in [0.29, 0.717) is 6.54 Å². The molecule has 0 fully saturated rings. The molecule has 5 heteroatoms. The predicted molar refractivity (Wildman–Crippen MR) is 92.6 cm³/mol. The van der Waals surface area contributed by atoms with E-state index in [1.54, 1.807) is 24.0 Å². The highest BCUT2D eigenvalue weighted by atomic mass is 32.2. The van der Waals surface area contributed by atoms with Crippen molar-refractivity contribution in [3.05, 3.63) is 64.1 Å². The van der Waals surface area contributed by atoms with E-state index in [9.17, 15) is 9.59 Å². The highest BCUT2D eigenvalue weighted by Gasteiger charge is 2.25. The average molecular weight is 328 g/mol. The van der Waals surface area contributed by atoms with Crippen molar-refractivity contribution in [3.8, 4) is 0 Å². The van der Waals surface area contributed by atoms with Crippen molar-refractivity contribution in [2.45, 2.75) is 37.9 Å². The second kappa shape index (κ2) is 6.62. The molecule has 0 radical (unpaired) electrons. The number of thioether (sulfide) groups is 1. The standard InChI is InChI=1S/C18H20N2O2S/c1-13-7-8-19(17(21)9-13)11-18(22)20-10-15-5-3-4-6-16(15)23-12-14(20)2/h3-9,14H,10-12H2,1-2H3/t14-/m0/s1. The molecule has 0 saturated carbocycles. The summed E-state index contributed by atoms with van der Waals surface area (Å²) in [6.07, 6.45) is 1.70. The van der Waals surface area contributed by atoms with Crippen molar-refractivity contribution < 1.29 is 4.79 Å². The minimum Gasteiger partial charge on any atom is -0.333 e. The van der Waals surface area contributed by atoms with Crippen LogP contribution in [-0.2, 0) is 17.9 Å². The van der Waals surface area contributed by atoms with Crippen molar-refractivity contribution in [2.75, 3.05) is 5.75 Å². The molecule has 1 aliphatic rings. The van der Waals surface area contributed by atoms with Crippen LogP contribution >= 0.6 is 11.8 Å². The number of nitrogens with zero attached hydrogens (tertiary/aromatic N) is 2. The molecule has 2 aromatic rings. The summed E-state index contributed by atoms with van der Waals surface area (Å²) < 4.78 is 1.48. The molecular weight excluding hydrogens is 308 g/mol. The number of carbonyl (C=O) groups excluding carboxylic acids is 1. The van der Waals surface area contributed by atoms with Gasteiger partial charge in [-0.05, 0) is 37.1 Å². The van der Waals surface area contributed by atoms with E-state index in [1.807, 2.05) is 30.0 Å². The van der Waals surface area contributed by atoms with Crippen molar-refractivity contribution >= 4 is 17.7 Å². The quantitative estimate of drug-likeness (QED) is 0.851. The molecule has 3 rings (SSSR count). The molecule has 0 saturated heterocycles. The highest BCUT2D eigenvalue weighted by molar-refractivity contribution is 7.99. The van der Waals surface area contributed by atoms with E-state index in [1.165, 1.54) is 15.0 Å². The van der Waals surface area contributed by atoms with E-state index in [4.69, 9.17) is 0 Å². The smallest absolute Gasteiger partial charge is 0.251 e. The molecule has 1 aromatic heterocycles. The molecule has 4 nitrogen and oxygen atoms in total. The molecule has 0 aliphatic carbocycles. The van der Waals surface area contributed by atoms with Gasteiger partial charge in [0.25, 0.3) is 5.56 Å². The van der Waals surface area contributed by atoms with Crippen LogP contribution < -0.4 is 5.56 Å². The van der Waals surface area contributed by atoms with Gasteiger partial charge in [0.05, 0.1) is 0 Å². The Morgan fingerprint density at radius 2 is 2.09 bits per heavy atom. The minimum atomic E-state index is -0.129. The highest BCUT2D eigenvalue weighted by Crippen LogP contribution is 2.29. The number of benzene rings is 1. The van der Waals surface area contributed by atoms with Gasteiger partial charge in [-0.25, -0.2) is 0 Å². The maximum atomic E-state index is 12.7. The van der Waals surface area contributed by atoms with Crippen LogP contribution in [0, 0.1) is 6.92 Å². The molecule has 1 aliphatic heterocycles. The van der Waals surface area contributed by atoms with Crippen molar-refractivity contribution in [1.29, 1.82) is 0 Å². The summed E-state index contributed by atoms with van der Waals surface area (Å²) in [6, 6.07) is 11.8. The molecule has 1 aromatic carbocycles. The number of hydrogen-bond donors (Lipinski definition) is 0. The SMILES string of the molecule is Cc1ccn(CC(=O)N2Cc3ccccc3SC[C@@H]2C)c(=O)c1. The first kappa shape index (κ1) is 15.9. The zero-order valence-corrected chi connectivity index (χ0v) is 14.2. The third-order valence-corrected chi connectivity index (χ3v) is 5.46. The molecule has 0 spiro atoms. The lowest BCUT2D eigenvalue weighted by Gasteiger charge is -2.27. The molecule has 23 heavy (non-hydrogen) atoms. The van der Waals surface area contributed by atoms with Crippen LogP contribution in [0.25, 0.3) is 0 Å². The maximum absolute atomic E-state index is 12.7. The Hall–Kier alpha value is -2.01. The summed E-state index contributed by atoms with van der Waals surface area (Å²) in [5, 5.41) is 0. The van der Waals surface area contributed by atoms with Gasteiger partial charge < -0.3 is 9.47 Å². The van der Waals surface area contributed by atoms with E-state index in [0.717, 1.165) is 11.3 Å². The Morgan fingerprint density at radius 1 is 1.30 bits per heavy atom. The molecule has 0 N–H and O–H groups in total. The zero-order valence-electron chi connectivity index (χ0n) is 13.4. The number of pyridine rings is 1. The molecule has 120 valence electrons. The topological polar surface area (TPSA) is 42.3 Å². The van der Waals surface area contributed by atoms with E-state index in [2.05, 4.69) is 19.1 Å². The molecule has 1 atom stereocenters. The first-order valence-corrected chi connectivity index (χ1v) is 8.70. The number of rotatable bonds is 2. The van der Waals surface area contributed by atoms with Crippen LogP contribution in [0.3, 0.4) is 0 Å². The van der Waals surface area contributed by atoms with Crippen LogP contribution in [0.5, 0.6) is 0 Å². The summed E-state index contributed by atoms with van der Waals surface area (Å²) in [4.78, 5) is 27.8. The number of carbonyl (C=O) groups is 1. The number of aryl methyl sites for hydroxylation is 1. The first-order chi connectivity index (χ1) is 11.0. The average Bonchev–Trinajstić information content (AvgIpc) is 2.70. The number of amides is 1. The fraction of sp³-hybridized carbons (Fsp3) is 0.333. The lowest BCUT2D eigenvalue weighted by Crippen LogP contribution is -2.41. The van der Waals surface area contributed by atoms with Gasteiger partial charge in [-0.2, -0.15) is 0 Å². The van der Waals surface area contributed by atoms with Crippen molar-refractivity contribution in [1.82, 2.24) is 9.47 Å². The second-order valence-corrected chi connectivity index (χ2v) is 7.02. The fourth-order valence-electron chi connectivity index (χ4n) is 2.72. The number of hydrogen-bond acceptors (Lipinski definition) is 3. The Labute approximate surface area is 140 Å². The summed E-state index contributed by atoms with van der Waals surface area (Å²) in [5.74, 6) is 0.853. The second-order valence-electron chi connectivity index (χ2n) is 5.96. The van der Waals surface area contributed by atoms with Crippen LogP contribution in [0.4, 0.5) is 0 Å². The van der Waals surface area contributed by atoms with E-state index < -0.39 is 0 Å². The summed E-state index contributed by atoms with van der Waals surface area (Å²) >= 11 is 1.79. The molecular formula is C18H20N2O2S. The molecule has 1 amide bonds. The summed E-state index contributed by atoms with van der Waals surface area (Å²) in [6.45, 7) is 4.63. The molecule has 0 bridgehead atoms. The van der Waals surface area contributed by atoms with Crippen LogP contribution in [0.2, 0.25) is 0 Å². The van der Waals surface area contributed by atoms with Gasteiger partial charge in [-0.3, -0.25) is 9.59 Å². The van der Waals surface area contributed by atoms with E-state index >= 15 is 0 Å². The summed E-state index contributed by atoms with van der Waals surface area (Å²) in [7, 11) is 0. The predicted octanol–water partition coefficient (Wildman–Crippen LogP) is 2.68. The third kappa shape index (κ3) is 3.50. The normalized spacial score (nSPS) is 17.5. The van der Waals surface area contributed by atoms with Gasteiger partial charge >= 0.3 is 0 Å². The minimum absolute atomic E-state index is 0.0132. The van der Waals surface area contributed by atoms with Crippen molar-refractivity contribution in [2.24, 2.45) is 0 Å². The van der Waals surface area contributed by atoms with Gasteiger partial charge in [0.15, 0.2) is 0 Å². The Bertz CT molecular complexity index is 785. The third-order valence-electron chi connectivity index (χ3n) is 4.10. The fourth-order valence-corrected chi connectivity index (χ4v) is 3.82. The Morgan fingerprint density at radius 3 is 2.87 bits per heavy atom. The Balaban J connectivity index is 1.82. The monoisotopic (exact) mass is 328 g/mol.